The van der Waals surface area contributed by atoms with Crippen molar-refractivity contribution in [3.63, 3.8) is 0 Å². The highest BCUT2D eigenvalue weighted by Crippen LogP contribution is 2.54. The molecule has 4 heteroatoms. The monoisotopic (exact) mass is 699 g/mol. The van der Waals surface area contributed by atoms with E-state index in [1.54, 1.807) is 0 Å². The second-order valence-electron chi connectivity index (χ2n) is 13.6. The van der Waals surface area contributed by atoms with E-state index < -0.39 is 7.14 Å². The molecule has 0 saturated heterocycles. The Hall–Kier alpha value is -5.99. The Morgan fingerprint density at radius 1 is 0.462 bits per heavy atom. The molecule has 1 aliphatic heterocycles. The van der Waals surface area contributed by atoms with E-state index in [4.69, 9.17) is 0 Å². The summed E-state index contributed by atoms with van der Waals surface area (Å²) in [5.74, 6) is 0. The number of hydrogen-bond acceptors (Lipinski definition) is 2. The van der Waals surface area contributed by atoms with Crippen LogP contribution in [0.25, 0.3) is 81.0 Å². The lowest BCUT2D eigenvalue weighted by atomic mass is 9.98. The molecule has 0 aliphatic carbocycles. The summed E-state index contributed by atoms with van der Waals surface area (Å²) in [5, 5.41) is 8.59. The Labute approximate surface area is 305 Å². The van der Waals surface area contributed by atoms with Crippen molar-refractivity contribution in [3.05, 3.63) is 182 Å². The maximum absolute atomic E-state index is 16.2. The van der Waals surface area contributed by atoms with Gasteiger partial charge in [-0.2, -0.15) is 0 Å². The van der Waals surface area contributed by atoms with E-state index in [0.717, 1.165) is 65.7 Å². The Balaban J connectivity index is 1.15. The average Bonchev–Trinajstić information content (AvgIpc) is 3.73. The predicted octanol–water partition coefficient (Wildman–Crippen LogP) is 12.1. The summed E-state index contributed by atoms with van der Waals surface area (Å²) in [6, 6.07) is 64.5. The number of thiophene rings is 1. The molecule has 11 rings (SSSR count). The van der Waals surface area contributed by atoms with Crippen LogP contribution in [-0.4, -0.2) is 4.57 Å². The highest BCUT2D eigenvalue weighted by Gasteiger charge is 2.40. The van der Waals surface area contributed by atoms with Crippen LogP contribution in [0.2, 0.25) is 0 Å². The first-order valence-corrected chi connectivity index (χ1v) is 20.1. The SMILES string of the molecule is O=P1(c2ccc3ccccc3c2)c2ccccc2-c2c(n(-c3ccc(-c4ccc5sc6ccccc6c5c4)cc3)c3ccccc23)-c2ccccc21. The lowest BCUT2D eigenvalue weighted by molar-refractivity contribution is 0.592. The Morgan fingerprint density at radius 3 is 1.94 bits per heavy atom. The van der Waals surface area contributed by atoms with E-state index in [9.17, 15) is 0 Å². The van der Waals surface area contributed by atoms with Crippen molar-refractivity contribution in [2.75, 3.05) is 0 Å². The largest absolute Gasteiger partial charge is 0.309 e. The molecule has 0 saturated carbocycles. The van der Waals surface area contributed by atoms with Crippen molar-refractivity contribution in [1.82, 2.24) is 4.57 Å². The zero-order valence-corrected chi connectivity index (χ0v) is 29.7. The first-order valence-electron chi connectivity index (χ1n) is 17.6. The van der Waals surface area contributed by atoms with Gasteiger partial charge in [-0.15, -0.1) is 11.3 Å². The first kappa shape index (κ1) is 29.7. The van der Waals surface area contributed by atoms with E-state index in [1.807, 2.05) is 23.5 Å². The molecule has 0 fully saturated rings. The second kappa shape index (κ2) is 11.3. The van der Waals surface area contributed by atoms with Gasteiger partial charge in [-0.05, 0) is 69.9 Å². The molecule has 1 aliphatic rings. The van der Waals surface area contributed by atoms with Crippen molar-refractivity contribution in [2.45, 2.75) is 0 Å². The van der Waals surface area contributed by atoms with Crippen molar-refractivity contribution in [2.24, 2.45) is 0 Å². The highest BCUT2D eigenvalue weighted by atomic mass is 32.1. The summed E-state index contributed by atoms with van der Waals surface area (Å²) in [7, 11) is -3.33. The minimum Gasteiger partial charge on any atom is -0.309 e. The molecule has 0 spiro atoms. The fraction of sp³-hybridized carbons (Fsp3) is 0. The number of rotatable bonds is 3. The summed E-state index contributed by atoms with van der Waals surface area (Å²) in [4.78, 5) is 0. The normalized spacial score (nSPS) is 15.1. The van der Waals surface area contributed by atoms with Crippen LogP contribution in [0.4, 0.5) is 0 Å². The standard InChI is InChI=1S/C48H30NOPS/c50-51(36-27-23-31-11-1-2-12-33(31)29-36)43-18-8-4-15-39(43)47-38-14-3-7-17-42(38)49(48(47)40-16-5-9-19-44(40)51)35-25-21-32(22-26-35)34-24-28-46-41(30-34)37-13-6-10-20-45(37)52-46/h1-30H. The molecule has 8 aromatic carbocycles. The lowest BCUT2D eigenvalue weighted by Crippen LogP contribution is -2.26. The number of fused-ring (bicyclic) bond motifs is 11. The van der Waals surface area contributed by atoms with Crippen molar-refractivity contribution < 1.29 is 4.57 Å². The third-order valence-corrected chi connectivity index (χ3v) is 15.1. The van der Waals surface area contributed by atoms with Gasteiger partial charge in [-0.25, -0.2) is 0 Å². The minimum atomic E-state index is -3.33. The molecule has 0 bridgehead atoms. The molecule has 244 valence electrons. The van der Waals surface area contributed by atoms with Crippen LogP contribution in [0.1, 0.15) is 0 Å². The van der Waals surface area contributed by atoms with Gasteiger partial charge in [0.25, 0.3) is 0 Å². The van der Waals surface area contributed by atoms with Crippen LogP contribution in [0.5, 0.6) is 0 Å². The van der Waals surface area contributed by atoms with E-state index in [-0.39, 0.29) is 0 Å². The Kier molecular flexibility index (Phi) is 6.43. The molecule has 3 heterocycles. The summed E-state index contributed by atoms with van der Waals surface area (Å²) in [6.07, 6.45) is 0. The first-order chi connectivity index (χ1) is 25.7. The molecular formula is C48H30NOPS. The molecule has 0 N–H and O–H groups in total. The van der Waals surface area contributed by atoms with Crippen LogP contribution in [0.3, 0.4) is 0 Å². The lowest BCUT2D eigenvalue weighted by Gasteiger charge is -2.23. The molecule has 0 amide bonds. The van der Waals surface area contributed by atoms with Crippen LogP contribution in [0.15, 0.2) is 182 Å². The molecule has 10 aromatic rings. The van der Waals surface area contributed by atoms with E-state index in [1.165, 1.54) is 31.3 Å². The Bertz CT molecular complexity index is 3110. The topological polar surface area (TPSA) is 22.0 Å². The number of para-hydroxylation sites is 1. The molecule has 2 nitrogen and oxygen atoms in total. The van der Waals surface area contributed by atoms with Gasteiger partial charge in [0.1, 0.15) is 0 Å². The quantitative estimate of drug-likeness (QED) is 0.168. The van der Waals surface area contributed by atoms with E-state index in [2.05, 4.69) is 174 Å². The molecule has 1 atom stereocenters. The fourth-order valence-electron chi connectivity index (χ4n) is 8.43. The van der Waals surface area contributed by atoms with Crippen molar-refractivity contribution in [3.8, 4) is 39.2 Å². The van der Waals surface area contributed by atoms with Gasteiger partial charge in [0, 0.05) is 58.3 Å². The van der Waals surface area contributed by atoms with Crippen LogP contribution in [0, 0.1) is 0 Å². The highest BCUT2D eigenvalue weighted by molar-refractivity contribution is 7.85. The van der Waals surface area contributed by atoms with Gasteiger partial charge in [0.05, 0.1) is 11.2 Å². The van der Waals surface area contributed by atoms with Gasteiger partial charge >= 0.3 is 0 Å². The van der Waals surface area contributed by atoms with Gasteiger partial charge in [-0.1, -0.05) is 140 Å². The van der Waals surface area contributed by atoms with Gasteiger partial charge in [-0.3, -0.25) is 0 Å². The fourth-order valence-corrected chi connectivity index (χ4v) is 12.6. The van der Waals surface area contributed by atoms with E-state index in [0.29, 0.717) is 0 Å². The van der Waals surface area contributed by atoms with Crippen molar-refractivity contribution in [1.29, 1.82) is 0 Å². The number of nitrogens with zero attached hydrogens (tertiary/aromatic N) is 1. The minimum absolute atomic E-state index is 0.854. The molecule has 1 unspecified atom stereocenters. The zero-order chi connectivity index (χ0) is 34.4. The van der Waals surface area contributed by atoms with Crippen molar-refractivity contribution >= 4 is 76.2 Å². The number of benzene rings is 8. The predicted molar refractivity (Wildman–Crippen MR) is 223 cm³/mol. The maximum atomic E-state index is 16.2. The number of aromatic nitrogens is 1. The summed E-state index contributed by atoms with van der Waals surface area (Å²) in [6.45, 7) is 0. The smallest absolute Gasteiger partial charge is 0.172 e. The molecular weight excluding hydrogens is 670 g/mol. The van der Waals surface area contributed by atoms with Gasteiger partial charge in [0.2, 0.25) is 0 Å². The third-order valence-electron chi connectivity index (χ3n) is 10.8. The summed E-state index contributed by atoms with van der Waals surface area (Å²) < 4.78 is 21.3. The van der Waals surface area contributed by atoms with Gasteiger partial charge < -0.3 is 9.13 Å². The third kappa shape index (κ3) is 4.21. The van der Waals surface area contributed by atoms with Crippen LogP contribution < -0.4 is 15.9 Å². The molecule has 0 radical (unpaired) electrons. The molecule has 2 aromatic heterocycles. The van der Waals surface area contributed by atoms with Crippen LogP contribution in [-0.2, 0) is 4.57 Å². The van der Waals surface area contributed by atoms with E-state index >= 15 is 4.57 Å². The zero-order valence-electron chi connectivity index (χ0n) is 28.0. The van der Waals surface area contributed by atoms with Crippen LogP contribution >= 0.6 is 18.5 Å². The summed E-state index contributed by atoms with van der Waals surface area (Å²) >= 11 is 1.85. The number of hydrogen-bond donors (Lipinski definition) is 0. The average molecular weight is 700 g/mol. The second-order valence-corrected chi connectivity index (χ2v) is 17.4. The molecule has 52 heavy (non-hydrogen) atoms. The summed E-state index contributed by atoms with van der Waals surface area (Å²) in [5.41, 5.74) is 8.78. The van der Waals surface area contributed by atoms with Gasteiger partial charge in [0.15, 0.2) is 7.14 Å². The Morgan fingerprint density at radius 2 is 1.10 bits per heavy atom. The maximum Gasteiger partial charge on any atom is 0.172 e.